The second kappa shape index (κ2) is 9.31. The van der Waals surface area contributed by atoms with E-state index in [0.29, 0.717) is 5.56 Å². The first kappa shape index (κ1) is 15.1. The van der Waals surface area contributed by atoms with Crippen molar-refractivity contribution in [3.63, 3.8) is 0 Å². The first-order chi connectivity index (χ1) is 7.65. The zero-order valence-electron chi connectivity index (χ0n) is 10.3. The number of rotatable bonds is 4. The lowest BCUT2D eigenvalue weighted by Crippen LogP contribution is -3.11. The van der Waals surface area contributed by atoms with Crippen LogP contribution in [0.25, 0.3) is 0 Å². The van der Waals surface area contributed by atoms with Crippen LogP contribution >= 0.6 is 0 Å². The van der Waals surface area contributed by atoms with Gasteiger partial charge in [0, 0.05) is 5.12 Å². The summed E-state index contributed by atoms with van der Waals surface area (Å²) in [5.41, 5.74) is 0.590. The predicted octanol–water partition coefficient (Wildman–Crippen LogP) is 1.30. The van der Waals surface area contributed by atoms with E-state index in [9.17, 15) is 4.79 Å². The smallest absolute Gasteiger partial charge is 0.0742 e. The largest absolute Gasteiger partial charge is 0.737 e. The van der Waals surface area contributed by atoms with Gasteiger partial charge in [-0.2, -0.15) is 0 Å². The molecule has 90 valence electrons. The fraction of sp³-hybridized carbons (Fsp3) is 0.462. The van der Waals surface area contributed by atoms with Gasteiger partial charge in [-0.15, -0.1) is 0 Å². The molecule has 0 aliphatic heterocycles. The van der Waals surface area contributed by atoms with Gasteiger partial charge in [-0.05, 0) is 26.3 Å². The number of nitrogens with one attached hydrogen (secondary N) is 1. The molecule has 0 saturated carbocycles. The van der Waals surface area contributed by atoms with Gasteiger partial charge in [-0.3, -0.25) is 0 Å². The third kappa shape index (κ3) is 6.53. The van der Waals surface area contributed by atoms with E-state index in [1.807, 2.05) is 6.07 Å². The molecule has 1 aromatic carbocycles. The van der Waals surface area contributed by atoms with Crippen LogP contribution in [-0.2, 0) is 12.6 Å². The van der Waals surface area contributed by atoms with Crippen molar-refractivity contribution < 1.29 is 9.69 Å². The van der Waals surface area contributed by atoms with Crippen LogP contribution in [0.4, 0.5) is 0 Å². The molecule has 0 amide bonds. The van der Waals surface area contributed by atoms with Crippen molar-refractivity contribution in [3.05, 3.63) is 35.9 Å². The summed E-state index contributed by atoms with van der Waals surface area (Å²) in [6.07, 6.45) is 0. The molecule has 0 fully saturated rings. The number of carbonyl (C=O) groups excluding carboxylic acids is 1. The van der Waals surface area contributed by atoms with Crippen LogP contribution in [0.5, 0.6) is 0 Å². The van der Waals surface area contributed by atoms with Crippen molar-refractivity contribution >= 4 is 17.7 Å². The van der Waals surface area contributed by atoms with Crippen molar-refractivity contribution in [3.8, 4) is 0 Å². The minimum Gasteiger partial charge on any atom is -0.737 e. The second-order valence-corrected chi connectivity index (χ2v) is 3.83. The van der Waals surface area contributed by atoms with E-state index in [-0.39, 0.29) is 5.12 Å². The van der Waals surface area contributed by atoms with Crippen LogP contribution in [0.2, 0.25) is 0 Å². The van der Waals surface area contributed by atoms with Crippen molar-refractivity contribution in [1.29, 1.82) is 0 Å². The third-order valence-electron chi connectivity index (χ3n) is 2.51. The number of quaternary nitrogens is 1. The van der Waals surface area contributed by atoms with Gasteiger partial charge in [-0.25, -0.2) is 0 Å². The van der Waals surface area contributed by atoms with Gasteiger partial charge in [0.25, 0.3) is 0 Å². The minimum atomic E-state index is -0.296. The summed E-state index contributed by atoms with van der Waals surface area (Å²) in [5, 5.41) is -0.296. The van der Waals surface area contributed by atoms with Crippen LogP contribution < -0.4 is 4.90 Å². The van der Waals surface area contributed by atoms with E-state index >= 15 is 0 Å². The van der Waals surface area contributed by atoms with Crippen molar-refractivity contribution in [2.75, 3.05) is 19.6 Å². The Morgan fingerprint density at radius 1 is 1.06 bits per heavy atom. The molecule has 1 aromatic rings. The first-order valence-corrected chi connectivity index (χ1v) is 6.16. The van der Waals surface area contributed by atoms with E-state index in [4.69, 9.17) is 0 Å². The maximum absolute atomic E-state index is 10.5. The molecule has 0 atom stereocenters. The fourth-order valence-corrected chi connectivity index (χ4v) is 1.46. The molecule has 0 unspecified atom stereocenters. The number of benzene rings is 1. The summed E-state index contributed by atoms with van der Waals surface area (Å²) in [6.45, 7) is 10.5. The summed E-state index contributed by atoms with van der Waals surface area (Å²) in [7, 11) is 0. The highest BCUT2D eigenvalue weighted by Gasteiger charge is 1.92. The van der Waals surface area contributed by atoms with Gasteiger partial charge in [-0.1, -0.05) is 30.3 Å². The number of hydrogen-bond acceptors (Lipinski definition) is 2. The van der Waals surface area contributed by atoms with Crippen LogP contribution in [0.15, 0.2) is 30.3 Å². The van der Waals surface area contributed by atoms with Crippen LogP contribution in [0, 0.1) is 0 Å². The van der Waals surface area contributed by atoms with Crippen molar-refractivity contribution in [2.45, 2.75) is 20.8 Å². The Hall–Kier alpha value is -0.930. The van der Waals surface area contributed by atoms with E-state index in [0.717, 1.165) is 0 Å². The Morgan fingerprint density at radius 3 is 1.69 bits per heavy atom. The Balaban J connectivity index is 0.000000293. The van der Waals surface area contributed by atoms with Gasteiger partial charge < -0.3 is 22.3 Å². The van der Waals surface area contributed by atoms with Gasteiger partial charge in [0.05, 0.1) is 19.6 Å². The lowest BCUT2D eigenvalue weighted by Gasteiger charge is -2.10. The average molecular weight is 239 g/mol. The molecule has 3 heteroatoms. The molecule has 16 heavy (non-hydrogen) atoms. The molecule has 1 N–H and O–H groups in total. The maximum Gasteiger partial charge on any atom is 0.0742 e. The zero-order valence-corrected chi connectivity index (χ0v) is 11.1. The molecule has 0 radical (unpaired) electrons. The van der Waals surface area contributed by atoms with Crippen LogP contribution in [0.1, 0.15) is 31.1 Å². The highest BCUT2D eigenvalue weighted by Crippen LogP contribution is 1.96. The molecule has 1 rings (SSSR count). The quantitative estimate of drug-likeness (QED) is 0.800. The number of hydrogen-bond donors (Lipinski definition) is 1. The summed E-state index contributed by atoms with van der Waals surface area (Å²) in [6, 6.07) is 8.84. The summed E-state index contributed by atoms with van der Waals surface area (Å²) in [4.78, 5) is 12.1. The predicted molar refractivity (Wildman–Crippen MR) is 70.7 cm³/mol. The normalized spacial score (nSPS) is 9.50. The van der Waals surface area contributed by atoms with Crippen molar-refractivity contribution in [1.82, 2.24) is 0 Å². The molecule has 0 aromatic heterocycles. The molecular weight excluding hydrogens is 218 g/mol. The van der Waals surface area contributed by atoms with E-state index in [2.05, 4.69) is 33.4 Å². The standard InChI is InChI=1S/C7H6OS.C6H15N/c8-7(9)6-4-2-1-3-5-6;1-4-7(5-2)6-3/h1-5H,(H,8,9);4-6H2,1-3H3. The molecule has 0 aliphatic rings. The van der Waals surface area contributed by atoms with Gasteiger partial charge in [0.2, 0.25) is 0 Å². The lowest BCUT2D eigenvalue weighted by molar-refractivity contribution is -0.894. The van der Waals surface area contributed by atoms with E-state index in [1.54, 1.807) is 29.2 Å². The molecular formula is C13H21NOS. The Labute approximate surface area is 104 Å². The second-order valence-electron chi connectivity index (χ2n) is 3.46. The Morgan fingerprint density at radius 2 is 1.50 bits per heavy atom. The Kier molecular flexibility index (Phi) is 8.77. The molecule has 0 spiro atoms. The lowest BCUT2D eigenvalue weighted by atomic mass is 10.2. The van der Waals surface area contributed by atoms with Gasteiger partial charge >= 0.3 is 0 Å². The third-order valence-corrected chi connectivity index (χ3v) is 2.75. The minimum absolute atomic E-state index is 0.296. The highest BCUT2D eigenvalue weighted by molar-refractivity contribution is 7.77. The Bertz CT molecular complexity index is 278. The summed E-state index contributed by atoms with van der Waals surface area (Å²) < 4.78 is 0. The first-order valence-electron chi connectivity index (χ1n) is 5.75. The fourth-order valence-electron chi connectivity index (χ4n) is 1.32. The van der Waals surface area contributed by atoms with Crippen molar-refractivity contribution in [2.24, 2.45) is 0 Å². The summed E-state index contributed by atoms with van der Waals surface area (Å²) in [5.74, 6) is 0. The average Bonchev–Trinajstić information content (AvgIpc) is 2.33. The molecule has 2 nitrogen and oxygen atoms in total. The van der Waals surface area contributed by atoms with Crippen LogP contribution in [0.3, 0.4) is 0 Å². The molecule has 0 heterocycles. The summed E-state index contributed by atoms with van der Waals surface area (Å²) >= 11 is 4.41. The molecule has 0 saturated heterocycles. The zero-order chi connectivity index (χ0) is 12.4. The number of carbonyl (C=O) groups is 1. The van der Waals surface area contributed by atoms with Gasteiger partial charge in [0.15, 0.2) is 0 Å². The highest BCUT2D eigenvalue weighted by atomic mass is 32.1. The SMILES string of the molecule is CC[NH+](CC)CC.O=C([S-])c1ccccc1. The maximum atomic E-state index is 10.5. The van der Waals surface area contributed by atoms with Gasteiger partial charge in [0.1, 0.15) is 0 Å². The molecule has 0 bridgehead atoms. The monoisotopic (exact) mass is 239 g/mol. The van der Waals surface area contributed by atoms with E-state index in [1.165, 1.54) is 19.6 Å². The van der Waals surface area contributed by atoms with Crippen LogP contribution in [-0.4, -0.2) is 24.7 Å². The topological polar surface area (TPSA) is 21.5 Å². The molecule has 0 aliphatic carbocycles. The van der Waals surface area contributed by atoms with E-state index < -0.39 is 0 Å².